The molecule has 1 aliphatic rings. The van der Waals surface area contributed by atoms with Crippen LogP contribution in [-0.2, 0) is 16.1 Å². The minimum Gasteiger partial charge on any atom is -0.484 e. The van der Waals surface area contributed by atoms with Gasteiger partial charge in [0.1, 0.15) is 11.4 Å². The number of aryl methyl sites for hydroxylation is 2. The molecule has 1 aromatic carbocycles. The summed E-state index contributed by atoms with van der Waals surface area (Å²) in [5.74, 6) is 0.250. The average Bonchev–Trinajstić information content (AvgIpc) is 3.11. The van der Waals surface area contributed by atoms with Gasteiger partial charge in [0.15, 0.2) is 6.61 Å². The van der Waals surface area contributed by atoms with Gasteiger partial charge in [-0.05, 0) is 43.7 Å². The lowest BCUT2D eigenvalue weighted by Crippen LogP contribution is -2.51. The van der Waals surface area contributed by atoms with Crippen molar-refractivity contribution in [2.45, 2.75) is 20.4 Å². The van der Waals surface area contributed by atoms with E-state index in [-0.39, 0.29) is 25.0 Å². The van der Waals surface area contributed by atoms with Gasteiger partial charge in [0.2, 0.25) is 5.91 Å². The van der Waals surface area contributed by atoms with E-state index in [2.05, 4.69) is 44.9 Å². The summed E-state index contributed by atoms with van der Waals surface area (Å²) in [4.78, 5) is 33.3. The number of nitrogens with one attached hydrogen (secondary N) is 1. The van der Waals surface area contributed by atoms with E-state index in [1.54, 1.807) is 17.0 Å². The van der Waals surface area contributed by atoms with Gasteiger partial charge in [-0.1, -0.05) is 18.2 Å². The SMILES string of the molecule is Cc1ccn2c(CN3CCN(C(=O)CNC(=O)COc4ccccc4)CC3)c(C)nc2c1. The van der Waals surface area contributed by atoms with Crippen LogP contribution in [0.2, 0.25) is 0 Å². The van der Waals surface area contributed by atoms with Crippen molar-refractivity contribution in [1.29, 1.82) is 0 Å². The predicted octanol–water partition coefficient (Wildman–Crippen LogP) is 1.79. The molecule has 0 bridgehead atoms. The maximum atomic E-state index is 12.5. The number of hydrogen-bond donors (Lipinski definition) is 1. The van der Waals surface area contributed by atoms with Crippen LogP contribution in [-0.4, -0.2) is 70.3 Å². The number of pyridine rings is 1. The Hall–Kier alpha value is -3.39. The van der Waals surface area contributed by atoms with Gasteiger partial charge < -0.3 is 19.4 Å². The monoisotopic (exact) mass is 435 g/mol. The van der Waals surface area contributed by atoms with Crippen LogP contribution in [0.15, 0.2) is 48.7 Å². The number of carbonyl (C=O) groups is 2. The highest BCUT2D eigenvalue weighted by molar-refractivity contribution is 5.85. The van der Waals surface area contributed by atoms with Crippen LogP contribution in [0.5, 0.6) is 5.75 Å². The number of imidazole rings is 1. The van der Waals surface area contributed by atoms with Gasteiger partial charge in [-0.3, -0.25) is 14.5 Å². The number of carbonyl (C=O) groups excluding carboxylic acids is 2. The first kappa shape index (κ1) is 21.8. The predicted molar refractivity (Wildman–Crippen MR) is 121 cm³/mol. The molecule has 8 nitrogen and oxygen atoms in total. The van der Waals surface area contributed by atoms with E-state index >= 15 is 0 Å². The molecule has 0 aliphatic carbocycles. The van der Waals surface area contributed by atoms with Gasteiger partial charge in [0, 0.05) is 38.9 Å². The molecule has 4 rings (SSSR count). The summed E-state index contributed by atoms with van der Waals surface area (Å²) in [5.41, 5.74) is 4.39. The van der Waals surface area contributed by atoms with Crippen molar-refractivity contribution >= 4 is 17.5 Å². The molecular formula is C24H29N5O3. The summed E-state index contributed by atoms with van der Waals surface area (Å²) in [7, 11) is 0. The van der Waals surface area contributed by atoms with E-state index in [1.807, 2.05) is 25.1 Å². The highest BCUT2D eigenvalue weighted by Crippen LogP contribution is 2.16. The third kappa shape index (κ3) is 5.26. The van der Waals surface area contributed by atoms with E-state index < -0.39 is 0 Å². The van der Waals surface area contributed by atoms with Crippen molar-refractivity contribution in [3.63, 3.8) is 0 Å². The molecule has 3 aromatic rings. The van der Waals surface area contributed by atoms with Crippen LogP contribution < -0.4 is 10.1 Å². The van der Waals surface area contributed by atoms with Crippen molar-refractivity contribution in [2.75, 3.05) is 39.3 Å². The van der Waals surface area contributed by atoms with Crippen LogP contribution in [0.25, 0.3) is 5.65 Å². The Morgan fingerprint density at radius 2 is 1.81 bits per heavy atom. The van der Waals surface area contributed by atoms with Crippen molar-refractivity contribution < 1.29 is 14.3 Å². The van der Waals surface area contributed by atoms with Crippen LogP contribution in [0.1, 0.15) is 17.0 Å². The Balaban J connectivity index is 1.22. The molecule has 1 fully saturated rings. The maximum absolute atomic E-state index is 12.5. The van der Waals surface area contributed by atoms with Crippen LogP contribution in [0, 0.1) is 13.8 Å². The first-order valence-corrected chi connectivity index (χ1v) is 10.9. The third-order valence-electron chi connectivity index (χ3n) is 5.73. The Labute approximate surface area is 187 Å². The minimum absolute atomic E-state index is 0.0112. The molecule has 0 unspecified atom stereocenters. The highest BCUT2D eigenvalue weighted by Gasteiger charge is 2.23. The normalized spacial score (nSPS) is 14.5. The number of fused-ring (bicyclic) bond motifs is 1. The zero-order valence-electron chi connectivity index (χ0n) is 18.6. The topological polar surface area (TPSA) is 79.2 Å². The van der Waals surface area contributed by atoms with Crippen LogP contribution in [0.4, 0.5) is 0 Å². The fraction of sp³-hybridized carbons (Fsp3) is 0.375. The number of aromatic nitrogens is 2. The average molecular weight is 436 g/mol. The lowest BCUT2D eigenvalue weighted by atomic mass is 10.2. The molecule has 0 radical (unpaired) electrons. The van der Waals surface area contributed by atoms with E-state index in [1.165, 1.54) is 11.3 Å². The van der Waals surface area contributed by atoms with Crippen molar-refractivity contribution in [3.8, 4) is 5.75 Å². The molecule has 0 spiro atoms. The third-order valence-corrected chi connectivity index (χ3v) is 5.73. The fourth-order valence-corrected chi connectivity index (χ4v) is 3.88. The summed E-state index contributed by atoms with van der Waals surface area (Å²) < 4.78 is 7.55. The van der Waals surface area contributed by atoms with Crippen molar-refractivity contribution in [3.05, 3.63) is 65.6 Å². The van der Waals surface area contributed by atoms with Gasteiger partial charge in [0.05, 0.1) is 17.9 Å². The van der Waals surface area contributed by atoms with Crippen LogP contribution in [0.3, 0.4) is 0 Å². The second kappa shape index (κ2) is 9.82. The van der Waals surface area contributed by atoms with Crippen LogP contribution >= 0.6 is 0 Å². The smallest absolute Gasteiger partial charge is 0.258 e. The maximum Gasteiger partial charge on any atom is 0.258 e. The second-order valence-corrected chi connectivity index (χ2v) is 8.11. The number of piperazine rings is 1. The molecule has 1 aliphatic heterocycles. The lowest BCUT2D eigenvalue weighted by molar-refractivity contribution is -0.134. The molecular weight excluding hydrogens is 406 g/mol. The molecule has 2 aromatic heterocycles. The van der Waals surface area contributed by atoms with Gasteiger partial charge >= 0.3 is 0 Å². The first-order valence-electron chi connectivity index (χ1n) is 10.9. The zero-order valence-corrected chi connectivity index (χ0v) is 18.6. The largest absolute Gasteiger partial charge is 0.484 e. The molecule has 0 atom stereocenters. The molecule has 3 heterocycles. The summed E-state index contributed by atoms with van der Waals surface area (Å²) in [6, 6.07) is 13.3. The van der Waals surface area contributed by atoms with Crippen molar-refractivity contribution in [1.82, 2.24) is 24.5 Å². The zero-order chi connectivity index (χ0) is 22.5. The standard InChI is InChI=1S/C24H29N5O3/c1-18-8-9-29-21(19(2)26-22(29)14-18)16-27-10-12-28(13-11-27)24(31)15-25-23(30)17-32-20-6-4-3-5-7-20/h3-9,14H,10-13,15-17H2,1-2H3,(H,25,30). The number of benzene rings is 1. The summed E-state index contributed by atoms with van der Waals surface area (Å²) >= 11 is 0. The van der Waals surface area contributed by atoms with Gasteiger partial charge in [-0.25, -0.2) is 4.98 Å². The Morgan fingerprint density at radius 3 is 2.56 bits per heavy atom. The molecule has 168 valence electrons. The highest BCUT2D eigenvalue weighted by atomic mass is 16.5. The molecule has 1 saturated heterocycles. The van der Waals surface area contributed by atoms with E-state index in [0.29, 0.717) is 18.8 Å². The second-order valence-electron chi connectivity index (χ2n) is 8.11. The van der Waals surface area contributed by atoms with Gasteiger partial charge in [0.25, 0.3) is 5.91 Å². The fourth-order valence-electron chi connectivity index (χ4n) is 3.88. The quantitative estimate of drug-likeness (QED) is 0.612. The number of hydrogen-bond acceptors (Lipinski definition) is 5. The Morgan fingerprint density at radius 1 is 1.06 bits per heavy atom. The van der Waals surface area contributed by atoms with E-state index in [9.17, 15) is 9.59 Å². The van der Waals surface area contributed by atoms with E-state index in [0.717, 1.165) is 31.0 Å². The number of ether oxygens (including phenoxy) is 1. The van der Waals surface area contributed by atoms with Gasteiger partial charge in [-0.2, -0.15) is 0 Å². The van der Waals surface area contributed by atoms with Crippen molar-refractivity contribution in [2.24, 2.45) is 0 Å². The summed E-state index contributed by atoms with van der Waals surface area (Å²) in [5, 5.41) is 2.65. The lowest BCUT2D eigenvalue weighted by Gasteiger charge is -2.34. The Bertz CT molecular complexity index is 1090. The number of rotatable bonds is 7. The van der Waals surface area contributed by atoms with Gasteiger partial charge in [-0.15, -0.1) is 0 Å². The Kier molecular flexibility index (Phi) is 6.70. The minimum atomic E-state index is -0.306. The first-order chi connectivity index (χ1) is 15.5. The molecule has 1 N–H and O–H groups in total. The molecule has 32 heavy (non-hydrogen) atoms. The van der Waals surface area contributed by atoms with E-state index in [4.69, 9.17) is 4.74 Å². The molecule has 8 heteroatoms. The molecule has 2 amide bonds. The number of para-hydroxylation sites is 1. The number of nitrogens with zero attached hydrogens (tertiary/aromatic N) is 4. The molecule has 0 saturated carbocycles. The summed E-state index contributed by atoms with van der Waals surface area (Å²) in [6.45, 7) is 7.65. The summed E-state index contributed by atoms with van der Waals surface area (Å²) in [6.07, 6.45) is 2.07. The number of amides is 2.